The number of benzene rings is 1. The Morgan fingerprint density at radius 3 is 2.76 bits per heavy atom. The average Bonchev–Trinajstić information content (AvgIpc) is 2.83. The molecule has 1 saturated carbocycles. The van der Waals surface area contributed by atoms with E-state index in [1.165, 1.54) is 22.5 Å². The monoisotopic (exact) mass is 319 g/mol. The lowest BCUT2D eigenvalue weighted by atomic mass is 9.85. The summed E-state index contributed by atoms with van der Waals surface area (Å²) in [4.78, 5) is 11.8. The molecule has 21 heavy (non-hydrogen) atoms. The lowest BCUT2D eigenvalue weighted by Gasteiger charge is -2.23. The number of rotatable bonds is 5. The molecular formula is C15H17N3OS2. The first kappa shape index (κ1) is 14.5. The first-order chi connectivity index (χ1) is 10.2. The second-order valence-corrected chi connectivity index (χ2v) is 7.46. The Balaban J connectivity index is 1.52. The van der Waals surface area contributed by atoms with E-state index in [-0.39, 0.29) is 11.8 Å². The average molecular weight is 319 g/mol. The van der Waals surface area contributed by atoms with Gasteiger partial charge in [-0.2, -0.15) is 0 Å². The third-order valence-electron chi connectivity index (χ3n) is 3.60. The van der Waals surface area contributed by atoms with Gasteiger partial charge in [-0.1, -0.05) is 59.3 Å². The Kier molecular flexibility index (Phi) is 4.55. The van der Waals surface area contributed by atoms with E-state index in [9.17, 15) is 4.79 Å². The van der Waals surface area contributed by atoms with E-state index in [1.807, 2.05) is 0 Å². The summed E-state index contributed by atoms with van der Waals surface area (Å²) >= 11 is 3.09. The Morgan fingerprint density at radius 2 is 2.10 bits per heavy atom. The van der Waals surface area contributed by atoms with Crippen LogP contribution in [0.3, 0.4) is 0 Å². The van der Waals surface area contributed by atoms with E-state index in [0.717, 1.165) is 29.4 Å². The van der Waals surface area contributed by atoms with E-state index in [4.69, 9.17) is 0 Å². The second-order valence-electron chi connectivity index (χ2n) is 5.26. The van der Waals surface area contributed by atoms with Crippen LogP contribution in [0.15, 0.2) is 28.6 Å². The molecule has 1 aromatic carbocycles. The van der Waals surface area contributed by atoms with Crippen LogP contribution >= 0.6 is 23.1 Å². The number of aryl methyl sites for hydroxylation is 1. The predicted octanol–water partition coefficient (Wildman–Crippen LogP) is 3.88. The van der Waals surface area contributed by atoms with Crippen molar-refractivity contribution in [2.75, 3.05) is 5.32 Å². The maximum Gasteiger partial charge on any atom is 0.229 e. The molecule has 2 aromatic rings. The van der Waals surface area contributed by atoms with Gasteiger partial charge in [0.1, 0.15) is 0 Å². The molecule has 0 bridgehead atoms. The summed E-state index contributed by atoms with van der Waals surface area (Å²) < 4.78 is 0.888. The number of hydrogen-bond acceptors (Lipinski definition) is 5. The first-order valence-electron chi connectivity index (χ1n) is 7.03. The molecule has 1 aromatic heterocycles. The Morgan fingerprint density at radius 1 is 1.33 bits per heavy atom. The molecule has 1 N–H and O–H groups in total. The van der Waals surface area contributed by atoms with Gasteiger partial charge in [0.05, 0.1) is 0 Å². The van der Waals surface area contributed by atoms with Gasteiger partial charge in [0.25, 0.3) is 0 Å². The van der Waals surface area contributed by atoms with Crippen molar-refractivity contribution in [3.05, 3.63) is 35.4 Å². The number of carbonyl (C=O) groups is 1. The molecule has 6 heteroatoms. The third-order valence-corrected chi connectivity index (χ3v) is 5.64. The summed E-state index contributed by atoms with van der Waals surface area (Å²) in [6, 6.07) is 8.48. The highest BCUT2D eigenvalue weighted by Crippen LogP contribution is 2.31. The normalized spacial score (nSPS) is 14.7. The third kappa shape index (κ3) is 3.83. The van der Waals surface area contributed by atoms with Gasteiger partial charge in [0, 0.05) is 11.7 Å². The maximum absolute atomic E-state index is 11.8. The lowest BCUT2D eigenvalue weighted by Crippen LogP contribution is -2.27. The molecule has 110 valence electrons. The van der Waals surface area contributed by atoms with E-state index in [2.05, 4.69) is 46.7 Å². The van der Waals surface area contributed by atoms with Gasteiger partial charge in [-0.15, -0.1) is 10.2 Å². The molecule has 1 heterocycles. The molecule has 1 fully saturated rings. The standard InChI is InChI=1S/C15H17N3OS2/c1-10-5-7-11(8-6-10)9-20-15-18-17-14(21-15)16-13(19)12-3-2-4-12/h5-8,12H,2-4,9H2,1H3,(H,16,17,19). The summed E-state index contributed by atoms with van der Waals surface area (Å²) in [6.45, 7) is 2.08. The molecule has 0 atom stereocenters. The van der Waals surface area contributed by atoms with Crippen molar-refractivity contribution in [1.29, 1.82) is 0 Å². The van der Waals surface area contributed by atoms with Crippen LogP contribution in [0.25, 0.3) is 0 Å². The van der Waals surface area contributed by atoms with Crippen LogP contribution in [-0.2, 0) is 10.5 Å². The van der Waals surface area contributed by atoms with Gasteiger partial charge in [0.15, 0.2) is 4.34 Å². The van der Waals surface area contributed by atoms with Crippen molar-refractivity contribution < 1.29 is 4.79 Å². The number of aromatic nitrogens is 2. The molecule has 0 spiro atoms. The van der Waals surface area contributed by atoms with Crippen LogP contribution in [0.2, 0.25) is 0 Å². The number of amides is 1. The molecule has 0 saturated heterocycles. The summed E-state index contributed by atoms with van der Waals surface area (Å²) in [5.41, 5.74) is 2.53. The second kappa shape index (κ2) is 6.58. The summed E-state index contributed by atoms with van der Waals surface area (Å²) in [6.07, 6.45) is 3.16. The summed E-state index contributed by atoms with van der Waals surface area (Å²) in [5.74, 6) is 1.14. The van der Waals surface area contributed by atoms with Crippen molar-refractivity contribution >= 4 is 34.1 Å². The molecule has 0 radical (unpaired) electrons. The highest BCUT2D eigenvalue weighted by Gasteiger charge is 2.25. The van der Waals surface area contributed by atoms with Crippen molar-refractivity contribution in [3.63, 3.8) is 0 Å². The Bertz CT molecular complexity index is 620. The fraction of sp³-hybridized carbons (Fsp3) is 0.400. The zero-order valence-corrected chi connectivity index (χ0v) is 13.5. The Labute approximate surface area is 132 Å². The topological polar surface area (TPSA) is 54.9 Å². The Hall–Kier alpha value is -1.40. The fourth-order valence-electron chi connectivity index (χ4n) is 2.03. The summed E-state index contributed by atoms with van der Waals surface area (Å²) in [7, 11) is 0. The number of nitrogens with zero attached hydrogens (tertiary/aromatic N) is 2. The minimum atomic E-state index is 0.0903. The van der Waals surface area contributed by atoms with Crippen LogP contribution < -0.4 is 5.32 Å². The quantitative estimate of drug-likeness (QED) is 0.671. The van der Waals surface area contributed by atoms with Gasteiger partial charge in [0.2, 0.25) is 11.0 Å². The number of thioether (sulfide) groups is 1. The maximum atomic E-state index is 11.8. The zero-order chi connectivity index (χ0) is 14.7. The van der Waals surface area contributed by atoms with Crippen LogP contribution in [0.4, 0.5) is 5.13 Å². The SMILES string of the molecule is Cc1ccc(CSc2nnc(NC(=O)C3CCC3)s2)cc1. The first-order valence-corrected chi connectivity index (χ1v) is 8.83. The smallest absolute Gasteiger partial charge is 0.229 e. The van der Waals surface area contributed by atoms with E-state index < -0.39 is 0 Å². The number of carbonyl (C=O) groups excluding carboxylic acids is 1. The minimum absolute atomic E-state index is 0.0903. The molecule has 1 aliphatic rings. The van der Waals surface area contributed by atoms with E-state index >= 15 is 0 Å². The van der Waals surface area contributed by atoms with Crippen LogP contribution in [0.5, 0.6) is 0 Å². The molecule has 4 nitrogen and oxygen atoms in total. The van der Waals surface area contributed by atoms with Gasteiger partial charge in [-0.3, -0.25) is 4.79 Å². The molecule has 1 aliphatic carbocycles. The van der Waals surface area contributed by atoms with Crippen molar-refractivity contribution in [2.45, 2.75) is 36.3 Å². The fourth-order valence-corrected chi connectivity index (χ4v) is 3.74. The highest BCUT2D eigenvalue weighted by atomic mass is 32.2. The summed E-state index contributed by atoms with van der Waals surface area (Å²) in [5, 5.41) is 11.6. The van der Waals surface area contributed by atoms with Crippen molar-refractivity contribution in [1.82, 2.24) is 10.2 Å². The largest absolute Gasteiger partial charge is 0.300 e. The van der Waals surface area contributed by atoms with E-state index in [1.54, 1.807) is 11.8 Å². The van der Waals surface area contributed by atoms with Gasteiger partial charge >= 0.3 is 0 Å². The van der Waals surface area contributed by atoms with Crippen LogP contribution in [-0.4, -0.2) is 16.1 Å². The van der Waals surface area contributed by atoms with Crippen LogP contribution in [0, 0.1) is 12.8 Å². The van der Waals surface area contributed by atoms with Crippen molar-refractivity contribution in [2.24, 2.45) is 5.92 Å². The van der Waals surface area contributed by atoms with E-state index in [0.29, 0.717) is 5.13 Å². The van der Waals surface area contributed by atoms with Crippen LogP contribution in [0.1, 0.15) is 30.4 Å². The molecule has 1 amide bonds. The molecular weight excluding hydrogens is 302 g/mol. The minimum Gasteiger partial charge on any atom is -0.300 e. The van der Waals surface area contributed by atoms with Gasteiger partial charge < -0.3 is 5.32 Å². The highest BCUT2D eigenvalue weighted by molar-refractivity contribution is 8.00. The zero-order valence-electron chi connectivity index (χ0n) is 11.8. The molecule has 0 aliphatic heterocycles. The van der Waals surface area contributed by atoms with Gasteiger partial charge in [-0.05, 0) is 25.3 Å². The molecule has 3 rings (SSSR count). The number of anilines is 1. The number of nitrogens with one attached hydrogen (secondary N) is 1. The van der Waals surface area contributed by atoms with Crippen molar-refractivity contribution in [3.8, 4) is 0 Å². The predicted molar refractivity (Wildman–Crippen MR) is 86.6 cm³/mol. The lowest BCUT2D eigenvalue weighted by molar-refractivity contribution is -0.122. The number of hydrogen-bond donors (Lipinski definition) is 1. The van der Waals surface area contributed by atoms with Gasteiger partial charge in [-0.25, -0.2) is 0 Å². The molecule has 0 unspecified atom stereocenters.